The number of carbonyl (C=O) groups is 5. The number of amides is 2. The lowest BCUT2D eigenvalue weighted by molar-refractivity contribution is -0.138. The lowest BCUT2D eigenvalue weighted by Gasteiger charge is -2.14. The number of nitrogens with one attached hydrogen (secondary N) is 2. The fourth-order valence-corrected chi connectivity index (χ4v) is 3.75. The number of alkyl carbamates (subject to hydrolysis) is 1. The topological polar surface area (TPSA) is 159 Å². The molecule has 0 aliphatic heterocycles. The Morgan fingerprint density at radius 2 is 1.30 bits per heavy atom. The highest BCUT2D eigenvalue weighted by Gasteiger charge is 2.28. The standard InChI is InChI=1S/C21H22N2O5.C6H10O3/c24-19(22-12-10-20(25)26)9-11-23-21(27)28-13-18-16-7-3-1-5-14(16)15-6-2-4-8-17(15)18;1-2-5(7)3-4-6(8)9/h1-8,18H,9-13H2,(H,22,24)(H,23,27)(H,25,26);2-4H2,1H3,(H,8,9). The van der Waals surface area contributed by atoms with Gasteiger partial charge in [0.1, 0.15) is 12.4 Å². The van der Waals surface area contributed by atoms with E-state index in [0.29, 0.717) is 6.42 Å². The van der Waals surface area contributed by atoms with Gasteiger partial charge in [-0.1, -0.05) is 55.5 Å². The molecule has 198 valence electrons. The summed E-state index contributed by atoms with van der Waals surface area (Å²) in [5.41, 5.74) is 4.58. The van der Waals surface area contributed by atoms with Crippen molar-refractivity contribution in [1.82, 2.24) is 10.6 Å². The van der Waals surface area contributed by atoms with Gasteiger partial charge in [-0.25, -0.2) is 4.79 Å². The van der Waals surface area contributed by atoms with Gasteiger partial charge in [0.05, 0.1) is 12.8 Å². The Kier molecular flexibility index (Phi) is 11.8. The zero-order chi connectivity index (χ0) is 27.2. The number of carbonyl (C=O) groups excluding carboxylic acids is 3. The number of rotatable bonds is 12. The maximum absolute atomic E-state index is 12.0. The van der Waals surface area contributed by atoms with E-state index in [1.165, 1.54) is 0 Å². The van der Waals surface area contributed by atoms with Gasteiger partial charge < -0.3 is 25.6 Å². The van der Waals surface area contributed by atoms with Crippen LogP contribution in [0.25, 0.3) is 11.1 Å². The number of ketones is 1. The van der Waals surface area contributed by atoms with Crippen molar-refractivity contribution in [1.29, 1.82) is 0 Å². The summed E-state index contributed by atoms with van der Waals surface area (Å²) in [5.74, 6) is -2.20. The Labute approximate surface area is 215 Å². The zero-order valence-electron chi connectivity index (χ0n) is 20.7. The maximum atomic E-state index is 12.0. The molecule has 0 unspecified atom stereocenters. The summed E-state index contributed by atoms with van der Waals surface area (Å²) in [6, 6.07) is 16.2. The average Bonchev–Trinajstić information content (AvgIpc) is 3.20. The van der Waals surface area contributed by atoms with Crippen LogP contribution >= 0.6 is 0 Å². The van der Waals surface area contributed by atoms with Gasteiger partial charge in [0.25, 0.3) is 0 Å². The highest BCUT2D eigenvalue weighted by Crippen LogP contribution is 2.44. The van der Waals surface area contributed by atoms with Crippen molar-refractivity contribution in [2.75, 3.05) is 19.7 Å². The van der Waals surface area contributed by atoms with Crippen LogP contribution in [-0.2, 0) is 23.9 Å². The average molecular weight is 513 g/mol. The minimum Gasteiger partial charge on any atom is -0.481 e. The van der Waals surface area contributed by atoms with Gasteiger partial charge in [0.15, 0.2) is 0 Å². The van der Waals surface area contributed by atoms with Crippen LogP contribution in [0.1, 0.15) is 56.1 Å². The lowest BCUT2D eigenvalue weighted by atomic mass is 9.98. The molecule has 0 atom stereocenters. The Hall–Kier alpha value is -4.21. The fourth-order valence-electron chi connectivity index (χ4n) is 3.75. The number of aliphatic carboxylic acids is 2. The van der Waals surface area contributed by atoms with Crippen molar-refractivity contribution in [3.05, 3.63) is 59.7 Å². The molecule has 1 aliphatic rings. The van der Waals surface area contributed by atoms with Crippen molar-refractivity contribution >= 4 is 29.7 Å². The lowest BCUT2D eigenvalue weighted by Crippen LogP contribution is -2.32. The van der Waals surface area contributed by atoms with Gasteiger partial charge in [0, 0.05) is 38.3 Å². The normalized spacial score (nSPS) is 11.3. The maximum Gasteiger partial charge on any atom is 0.407 e. The van der Waals surface area contributed by atoms with E-state index in [4.69, 9.17) is 14.9 Å². The molecule has 2 aromatic rings. The molecule has 3 rings (SSSR count). The van der Waals surface area contributed by atoms with Crippen LogP contribution in [0.2, 0.25) is 0 Å². The number of hydrogen-bond donors (Lipinski definition) is 4. The second-order valence-electron chi connectivity index (χ2n) is 8.28. The molecule has 0 spiro atoms. The van der Waals surface area contributed by atoms with Crippen molar-refractivity contribution in [3.63, 3.8) is 0 Å². The summed E-state index contributed by atoms with van der Waals surface area (Å²) in [6.07, 6.45) is -0.0820. The van der Waals surface area contributed by atoms with Gasteiger partial charge in [-0.2, -0.15) is 0 Å². The largest absolute Gasteiger partial charge is 0.481 e. The predicted molar refractivity (Wildman–Crippen MR) is 135 cm³/mol. The van der Waals surface area contributed by atoms with E-state index >= 15 is 0 Å². The van der Waals surface area contributed by atoms with Crippen LogP contribution in [0.15, 0.2) is 48.5 Å². The molecule has 0 bridgehead atoms. The quantitative estimate of drug-likeness (QED) is 0.337. The van der Waals surface area contributed by atoms with E-state index in [-0.39, 0.29) is 63.0 Å². The van der Waals surface area contributed by atoms with Gasteiger partial charge in [-0.05, 0) is 22.3 Å². The van der Waals surface area contributed by atoms with Gasteiger partial charge in [-0.15, -0.1) is 0 Å². The van der Waals surface area contributed by atoms with Gasteiger partial charge in [0.2, 0.25) is 5.91 Å². The van der Waals surface area contributed by atoms with E-state index in [1.54, 1.807) is 6.92 Å². The first kappa shape index (κ1) is 29.0. The molecule has 37 heavy (non-hydrogen) atoms. The second kappa shape index (κ2) is 15.0. The van der Waals surface area contributed by atoms with Crippen LogP contribution in [0.5, 0.6) is 0 Å². The summed E-state index contributed by atoms with van der Waals surface area (Å²) in [6.45, 7) is 2.13. The Balaban J connectivity index is 0.000000458. The van der Waals surface area contributed by atoms with E-state index < -0.39 is 18.0 Å². The highest BCUT2D eigenvalue weighted by molar-refractivity contribution is 5.82. The summed E-state index contributed by atoms with van der Waals surface area (Å²) in [7, 11) is 0. The molecule has 2 aromatic carbocycles. The van der Waals surface area contributed by atoms with Gasteiger partial charge in [-0.3, -0.25) is 19.2 Å². The predicted octanol–water partition coefficient (Wildman–Crippen LogP) is 3.34. The van der Waals surface area contributed by atoms with Crippen molar-refractivity contribution < 1.29 is 38.9 Å². The molecule has 0 radical (unpaired) electrons. The van der Waals surface area contributed by atoms with E-state index in [0.717, 1.165) is 22.3 Å². The summed E-state index contributed by atoms with van der Waals surface area (Å²) in [5, 5.41) is 21.6. The SMILES string of the molecule is CCC(=O)CCC(=O)O.O=C(O)CCNC(=O)CCNC(=O)OCC1c2ccccc2-c2ccccc21. The summed E-state index contributed by atoms with van der Waals surface area (Å²) < 4.78 is 5.37. The minimum atomic E-state index is -0.975. The molecule has 2 amide bonds. The molecule has 0 aromatic heterocycles. The third kappa shape index (κ3) is 9.75. The Bertz CT molecular complexity index is 1070. The van der Waals surface area contributed by atoms with E-state index in [1.807, 2.05) is 36.4 Å². The van der Waals surface area contributed by atoms with Crippen LogP contribution in [0.3, 0.4) is 0 Å². The Morgan fingerprint density at radius 1 is 0.757 bits per heavy atom. The summed E-state index contributed by atoms with van der Waals surface area (Å²) >= 11 is 0. The number of benzene rings is 2. The number of hydrogen-bond acceptors (Lipinski definition) is 6. The first-order valence-electron chi connectivity index (χ1n) is 12.0. The van der Waals surface area contributed by atoms with Crippen molar-refractivity contribution in [3.8, 4) is 11.1 Å². The smallest absolute Gasteiger partial charge is 0.407 e. The molecule has 10 heteroatoms. The minimum absolute atomic E-state index is 0.0115. The summed E-state index contributed by atoms with van der Waals surface area (Å²) in [4.78, 5) is 54.2. The first-order valence-corrected chi connectivity index (χ1v) is 12.0. The molecular weight excluding hydrogens is 480 g/mol. The van der Waals surface area contributed by atoms with Crippen molar-refractivity contribution in [2.45, 2.75) is 44.9 Å². The zero-order valence-corrected chi connectivity index (χ0v) is 20.7. The number of Topliss-reactive ketones (excluding diaryl/α,β-unsaturated/α-hetero) is 1. The van der Waals surface area contributed by atoms with Crippen LogP contribution in [-0.4, -0.2) is 59.6 Å². The molecule has 1 aliphatic carbocycles. The van der Waals surface area contributed by atoms with Gasteiger partial charge >= 0.3 is 18.0 Å². The van der Waals surface area contributed by atoms with Crippen molar-refractivity contribution in [2.24, 2.45) is 0 Å². The van der Waals surface area contributed by atoms with Crippen LogP contribution < -0.4 is 10.6 Å². The fraction of sp³-hybridized carbons (Fsp3) is 0.370. The van der Waals surface area contributed by atoms with E-state index in [2.05, 4.69) is 22.8 Å². The third-order valence-electron chi connectivity index (χ3n) is 5.64. The van der Waals surface area contributed by atoms with Crippen LogP contribution in [0.4, 0.5) is 4.79 Å². The molecule has 0 saturated carbocycles. The number of carboxylic acid groups (broad SMARTS) is 2. The molecular formula is C27H32N2O8. The molecule has 4 N–H and O–H groups in total. The molecule has 10 nitrogen and oxygen atoms in total. The first-order chi connectivity index (χ1) is 17.7. The number of carboxylic acids is 2. The highest BCUT2D eigenvalue weighted by atomic mass is 16.5. The monoisotopic (exact) mass is 512 g/mol. The second-order valence-corrected chi connectivity index (χ2v) is 8.28. The van der Waals surface area contributed by atoms with Crippen LogP contribution in [0, 0.1) is 0 Å². The van der Waals surface area contributed by atoms with E-state index in [9.17, 15) is 24.0 Å². The molecule has 0 heterocycles. The number of ether oxygens (including phenoxy) is 1. The molecule has 0 saturated heterocycles. The Morgan fingerprint density at radius 3 is 1.84 bits per heavy atom. The molecule has 0 fully saturated rings. The number of fused-ring (bicyclic) bond motifs is 3. The third-order valence-corrected chi connectivity index (χ3v) is 5.64.